The van der Waals surface area contributed by atoms with Gasteiger partial charge in [-0.2, -0.15) is 0 Å². The molecule has 1 aliphatic rings. The first kappa shape index (κ1) is 23.1. The van der Waals surface area contributed by atoms with Gasteiger partial charge in [0.2, 0.25) is 0 Å². The molecule has 154 valence electrons. The lowest BCUT2D eigenvalue weighted by molar-refractivity contribution is 0.0170. The van der Waals surface area contributed by atoms with Crippen LogP contribution < -0.4 is 10.6 Å². The molecule has 2 aromatic rings. The zero-order valence-electron chi connectivity index (χ0n) is 16.7. The Morgan fingerprint density at radius 1 is 1.21 bits per heavy atom. The van der Waals surface area contributed by atoms with Gasteiger partial charge in [0.15, 0.2) is 5.96 Å². The first-order chi connectivity index (χ1) is 13.3. The number of ether oxygens (including phenoxy) is 1. The number of nitrogens with zero attached hydrogens (tertiary/aromatic N) is 2. The van der Waals surface area contributed by atoms with Crippen LogP contribution in [-0.4, -0.2) is 50.3 Å². The van der Waals surface area contributed by atoms with Crippen LogP contribution in [0.5, 0.6) is 0 Å². The number of benzene rings is 1. The van der Waals surface area contributed by atoms with Gasteiger partial charge in [0.25, 0.3) is 0 Å². The zero-order chi connectivity index (χ0) is 18.9. The van der Waals surface area contributed by atoms with E-state index in [0.717, 1.165) is 45.4 Å². The van der Waals surface area contributed by atoms with Crippen LogP contribution in [-0.2, 0) is 11.3 Å². The standard InChI is InChI=1S/C21H30N4OS.HI/c1-3-22-21(23-15-19-8-5-13-27-19)24-16-20(25-9-11-26-12-10-25)18-7-4-6-17(2)14-18;/h4-8,13-14,20H,3,9-12,15-16H2,1-2H3,(H2,22,23,24);1H. The van der Waals surface area contributed by atoms with Gasteiger partial charge in [-0.1, -0.05) is 35.9 Å². The summed E-state index contributed by atoms with van der Waals surface area (Å²) in [6.07, 6.45) is 0. The number of aliphatic imine (C=N–C) groups is 1. The van der Waals surface area contributed by atoms with E-state index in [1.54, 1.807) is 11.3 Å². The van der Waals surface area contributed by atoms with Crippen LogP contribution in [0.4, 0.5) is 0 Å². The van der Waals surface area contributed by atoms with E-state index in [2.05, 4.69) is 71.2 Å². The number of guanidine groups is 1. The van der Waals surface area contributed by atoms with Gasteiger partial charge >= 0.3 is 0 Å². The molecule has 0 saturated carbocycles. The van der Waals surface area contributed by atoms with Crippen LogP contribution in [0, 0.1) is 6.92 Å². The van der Waals surface area contributed by atoms with E-state index < -0.39 is 0 Å². The average Bonchev–Trinajstić information content (AvgIpc) is 3.21. The van der Waals surface area contributed by atoms with Crippen LogP contribution in [0.25, 0.3) is 0 Å². The van der Waals surface area contributed by atoms with Crippen molar-refractivity contribution in [1.82, 2.24) is 15.5 Å². The molecule has 7 heteroatoms. The van der Waals surface area contributed by atoms with Crippen molar-refractivity contribution in [1.29, 1.82) is 0 Å². The molecule has 1 saturated heterocycles. The normalized spacial score (nSPS) is 16.3. The summed E-state index contributed by atoms with van der Waals surface area (Å²) in [5, 5.41) is 9.02. The van der Waals surface area contributed by atoms with Gasteiger partial charge in [-0.25, -0.2) is 4.99 Å². The van der Waals surface area contributed by atoms with Crippen molar-refractivity contribution in [2.24, 2.45) is 4.99 Å². The smallest absolute Gasteiger partial charge is 0.191 e. The monoisotopic (exact) mass is 514 g/mol. The molecule has 1 aromatic carbocycles. The Labute approximate surface area is 189 Å². The van der Waals surface area contributed by atoms with Crippen LogP contribution in [0.3, 0.4) is 0 Å². The minimum absolute atomic E-state index is 0. The molecule has 1 aromatic heterocycles. The van der Waals surface area contributed by atoms with E-state index in [-0.39, 0.29) is 24.0 Å². The first-order valence-corrected chi connectivity index (χ1v) is 10.6. The Morgan fingerprint density at radius 2 is 2.04 bits per heavy atom. The largest absolute Gasteiger partial charge is 0.379 e. The topological polar surface area (TPSA) is 48.9 Å². The van der Waals surface area contributed by atoms with Crippen molar-refractivity contribution in [2.45, 2.75) is 26.4 Å². The maximum absolute atomic E-state index is 5.56. The summed E-state index contributed by atoms with van der Waals surface area (Å²) in [5.74, 6) is 0.872. The van der Waals surface area contributed by atoms with Crippen LogP contribution in [0.15, 0.2) is 46.8 Å². The van der Waals surface area contributed by atoms with E-state index in [0.29, 0.717) is 12.6 Å². The van der Waals surface area contributed by atoms with Crippen LogP contribution in [0.1, 0.15) is 29.0 Å². The number of morpholine rings is 1. The molecule has 0 radical (unpaired) electrons. The molecule has 1 fully saturated rings. The highest BCUT2D eigenvalue weighted by molar-refractivity contribution is 14.0. The highest BCUT2D eigenvalue weighted by Gasteiger charge is 2.23. The maximum Gasteiger partial charge on any atom is 0.191 e. The number of halogens is 1. The third-order valence-corrected chi connectivity index (χ3v) is 5.55. The Morgan fingerprint density at radius 3 is 2.71 bits per heavy atom. The Balaban J connectivity index is 0.00000280. The lowest BCUT2D eigenvalue weighted by atomic mass is 10.0. The van der Waals surface area contributed by atoms with E-state index in [9.17, 15) is 0 Å². The first-order valence-electron chi connectivity index (χ1n) is 9.69. The molecule has 0 amide bonds. The fourth-order valence-electron chi connectivity index (χ4n) is 3.32. The second kappa shape index (κ2) is 12.4. The molecule has 1 atom stereocenters. The van der Waals surface area contributed by atoms with Crippen molar-refractivity contribution in [2.75, 3.05) is 39.4 Å². The number of nitrogens with one attached hydrogen (secondary N) is 2. The molecule has 2 N–H and O–H groups in total. The highest BCUT2D eigenvalue weighted by Crippen LogP contribution is 2.22. The van der Waals surface area contributed by atoms with Gasteiger partial charge in [-0.3, -0.25) is 4.90 Å². The Kier molecular flexibility index (Phi) is 10.3. The lowest BCUT2D eigenvalue weighted by Crippen LogP contribution is -2.46. The van der Waals surface area contributed by atoms with Gasteiger partial charge in [-0.05, 0) is 30.9 Å². The minimum atomic E-state index is 0. The second-order valence-electron chi connectivity index (χ2n) is 6.73. The summed E-state index contributed by atoms with van der Waals surface area (Å²) in [7, 11) is 0. The van der Waals surface area contributed by atoms with Crippen molar-refractivity contribution in [3.8, 4) is 0 Å². The molecule has 0 aliphatic carbocycles. The number of rotatable bonds is 7. The quantitative estimate of drug-likeness (QED) is 0.335. The third kappa shape index (κ3) is 7.02. The predicted molar refractivity (Wildman–Crippen MR) is 129 cm³/mol. The summed E-state index contributed by atoms with van der Waals surface area (Å²) in [6, 6.07) is 13.3. The van der Waals surface area contributed by atoms with E-state index in [1.165, 1.54) is 16.0 Å². The summed E-state index contributed by atoms with van der Waals surface area (Å²) in [5.41, 5.74) is 2.64. The predicted octanol–water partition coefficient (Wildman–Crippen LogP) is 3.80. The maximum atomic E-state index is 5.56. The number of hydrogen-bond acceptors (Lipinski definition) is 4. The van der Waals surface area contributed by atoms with Crippen molar-refractivity contribution in [3.05, 3.63) is 57.8 Å². The minimum Gasteiger partial charge on any atom is -0.379 e. The Bertz CT molecular complexity index is 717. The third-order valence-electron chi connectivity index (χ3n) is 4.69. The zero-order valence-corrected chi connectivity index (χ0v) is 19.8. The van der Waals surface area contributed by atoms with Gasteiger partial charge in [-0.15, -0.1) is 35.3 Å². The van der Waals surface area contributed by atoms with E-state index in [4.69, 9.17) is 9.73 Å². The summed E-state index contributed by atoms with van der Waals surface area (Å²) in [4.78, 5) is 8.53. The summed E-state index contributed by atoms with van der Waals surface area (Å²) in [6.45, 7) is 10.2. The van der Waals surface area contributed by atoms with Gasteiger partial charge in [0.05, 0.1) is 25.8 Å². The van der Waals surface area contributed by atoms with Crippen molar-refractivity contribution < 1.29 is 4.74 Å². The van der Waals surface area contributed by atoms with Crippen LogP contribution >= 0.6 is 35.3 Å². The van der Waals surface area contributed by atoms with Gasteiger partial charge < -0.3 is 15.4 Å². The van der Waals surface area contributed by atoms with Crippen molar-refractivity contribution >= 4 is 41.3 Å². The molecule has 3 rings (SSSR count). The summed E-state index contributed by atoms with van der Waals surface area (Å²) < 4.78 is 5.56. The molecule has 28 heavy (non-hydrogen) atoms. The molecule has 1 aliphatic heterocycles. The fourth-order valence-corrected chi connectivity index (χ4v) is 3.95. The van der Waals surface area contributed by atoms with E-state index in [1.807, 2.05) is 0 Å². The summed E-state index contributed by atoms with van der Waals surface area (Å²) >= 11 is 1.74. The lowest BCUT2D eigenvalue weighted by Gasteiger charge is -2.35. The molecular formula is C21H31IN4OS. The van der Waals surface area contributed by atoms with E-state index >= 15 is 0 Å². The molecule has 5 nitrogen and oxygen atoms in total. The average molecular weight is 514 g/mol. The highest BCUT2D eigenvalue weighted by atomic mass is 127. The molecule has 2 heterocycles. The molecule has 1 unspecified atom stereocenters. The SMILES string of the molecule is CCNC(=NCc1cccs1)NCC(c1cccc(C)c1)N1CCOCC1.I. The van der Waals surface area contributed by atoms with Gasteiger partial charge in [0.1, 0.15) is 0 Å². The number of thiophene rings is 1. The number of hydrogen-bond donors (Lipinski definition) is 2. The second-order valence-corrected chi connectivity index (χ2v) is 7.77. The number of aryl methyl sites for hydroxylation is 1. The van der Waals surface area contributed by atoms with Gasteiger partial charge in [0, 0.05) is 31.1 Å². The molecular weight excluding hydrogens is 483 g/mol. The Hall–Kier alpha value is -1.16. The fraction of sp³-hybridized carbons (Fsp3) is 0.476. The van der Waals surface area contributed by atoms with Crippen LogP contribution in [0.2, 0.25) is 0 Å². The molecule has 0 bridgehead atoms. The van der Waals surface area contributed by atoms with Crippen molar-refractivity contribution in [3.63, 3.8) is 0 Å². The molecule has 0 spiro atoms.